The molecular weight excluding hydrogens is 390 g/mol. The van der Waals surface area contributed by atoms with E-state index in [0.717, 1.165) is 32.0 Å². The van der Waals surface area contributed by atoms with Crippen LogP contribution in [0.25, 0.3) is 11.3 Å². The molecule has 8 heteroatoms. The highest BCUT2D eigenvalue weighted by Gasteiger charge is 2.18. The lowest BCUT2D eigenvalue weighted by molar-refractivity contribution is 0.103. The molecule has 0 saturated carbocycles. The molecule has 0 aliphatic rings. The van der Waals surface area contributed by atoms with E-state index < -0.39 is 0 Å². The Kier molecular flexibility index (Phi) is 5.23. The van der Waals surface area contributed by atoms with Crippen molar-refractivity contribution in [1.82, 2.24) is 19.7 Å². The third-order valence-electron chi connectivity index (χ3n) is 3.98. The van der Waals surface area contributed by atoms with Gasteiger partial charge in [0.05, 0.1) is 10.7 Å². The first-order valence-corrected chi connectivity index (χ1v) is 10.2. The number of benzene rings is 2. The molecule has 0 aliphatic carbocycles. The van der Waals surface area contributed by atoms with Crippen LogP contribution in [0.5, 0.6) is 0 Å². The minimum atomic E-state index is -0.154. The van der Waals surface area contributed by atoms with Gasteiger partial charge in [-0.05, 0) is 43.0 Å². The fourth-order valence-corrected chi connectivity index (χ4v) is 4.24. The van der Waals surface area contributed by atoms with Crippen molar-refractivity contribution < 1.29 is 4.79 Å². The predicted molar refractivity (Wildman–Crippen MR) is 112 cm³/mol. The zero-order valence-electron chi connectivity index (χ0n) is 15.3. The maximum absolute atomic E-state index is 12.8. The Morgan fingerprint density at radius 3 is 2.54 bits per heavy atom. The average molecular weight is 408 g/mol. The normalized spacial score (nSPS) is 10.8. The van der Waals surface area contributed by atoms with Crippen molar-refractivity contribution in [3.63, 3.8) is 0 Å². The summed E-state index contributed by atoms with van der Waals surface area (Å²) in [5.41, 5.74) is 2.39. The molecule has 0 spiro atoms. The fourth-order valence-electron chi connectivity index (χ4n) is 2.64. The number of rotatable bonds is 5. The van der Waals surface area contributed by atoms with Crippen LogP contribution in [0.2, 0.25) is 0 Å². The molecule has 0 atom stereocenters. The molecule has 2 heterocycles. The van der Waals surface area contributed by atoms with Crippen molar-refractivity contribution in [3.05, 3.63) is 70.8 Å². The third-order valence-corrected chi connectivity index (χ3v) is 6.01. The van der Waals surface area contributed by atoms with Crippen molar-refractivity contribution >= 4 is 34.7 Å². The number of carbonyl (C=O) groups excluding carboxylic acids is 1. The predicted octanol–water partition coefficient (Wildman–Crippen LogP) is 4.65. The second-order valence-electron chi connectivity index (χ2n) is 6.08. The van der Waals surface area contributed by atoms with Gasteiger partial charge in [-0.15, -0.1) is 21.5 Å². The number of hydrogen-bond donors (Lipinski definition) is 1. The van der Waals surface area contributed by atoms with Crippen LogP contribution in [0.15, 0.2) is 71.0 Å². The number of amides is 1. The molecule has 28 heavy (non-hydrogen) atoms. The molecule has 0 unspecified atom stereocenters. The van der Waals surface area contributed by atoms with Crippen molar-refractivity contribution in [2.45, 2.75) is 17.0 Å². The first-order valence-electron chi connectivity index (χ1n) is 8.56. The second kappa shape index (κ2) is 7.95. The average Bonchev–Trinajstić information content (AvgIpc) is 3.30. The van der Waals surface area contributed by atoms with Gasteiger partial charge in [0.15, 0.2) is 5.16 Å². The Bertz CT molecular complexity index is 1100. The quantitative estimate of drug-likeness (QED) is 0.521. The van der Waals surface area contributed by atoms with Crippen molar-refractivity contribution in [3.8, 4) is 11.3 Å². The number of anilines is 1. The Labute approximate surface area is 170 Å². The molecule has 4 rings (SSSR count). The van der Waals surface area contributed by atoms with E-state index in [4.69, 9.17) is 0 Å². The topological polar surface area (TPSA) is 72.7 Å². The van der Waals surface area contributed by atoms with E-state index in [1.165, 1.54) is 23.1 Å². The zero-order chi connectivity index (χ0) is 19.5. The number of hydrogen-bond acceptors (Lipinski definition) is 6. The van der Waals surface area contributed by atoms with Gasteiger partial charge < -0.3 is 9.88 Å². The van der Waals surface area contributed by atoms with E-state index >= 15 is 0 Å². The molecule has 0 saturated heterocycles. The Morgan fingerprint density at radius 2 is 1.86 bits per heavy atom. The van der Waals surface area contributed by atoms with E-state index in [2.05, 4.69) is 20.5 Å². The molecule has 6 nitrogen and oxygen atoms in total. The SMILES string of the molecule is Cc1nc(-c2ccccc2)c(C(=O)Nc2ccc(Sc3nncn3C)cc2)s1. The lowest BCUT2D eigenvalue weighted by atomic mass is 10.1. The summed E-state index contributed by atoms with van der Waals surface area (Å²) < 4.78 is 1.86. The fraction of sp³-hybridized carbons (Fsp3) is 0.100. The molecule has 1 N–H and O–H groups in total. The largest absolute Gasteiger partial charge is 0.321 e. The Hall–Kier alpha value is -2.97. The van der Waals surface area contributed by atoms with Crippen LogP contribution >= 0.6 is 23.1 Å². The van der Waals surface area contributed by atoms with Gasteiger partial charge in [0.2, 0.25) is 0 Å². The van der Waals surface area contributed by atoms with Crippen LogP contribution in [-0.4, -0.2) is 25.7 Å². The third kappa shape index (κ3) is 3.97. The van der Waals surface area contributed by atoms with Crippen LogP contribution in [0.3, 0.4) is 0 Å². The van der Waals surface area contributed by atoms with Gasteiger partial charge in [-0.25, -0.2) is 4.98 Å². The van der Waals surface area contributed by atoms with E-state index in [1.54, 1.807) is 6.33 Å². The summed E-state index contributed by atoms with van der Waals surface area (Å²) in [5, 5.41) is 12.6. The molecule has 2 aromatic carbocycles. The Balaban J connectivity index is 1.51. The summed E-state index contributed by atoms with van der Waals surface area (Å²) in [6.07, 6.45) is 1.66. The number of carbonyl (C=O) groups is 1. The van der Waals surface area contributed by atoms with Crippen LogP contribution in [0.4, 0.5) is 5.69 Å². The van der Waals surface area contributed by atoms with Gasteiger partial charge in [0, 0.05) is 23.2 Å². The van der Waals surface area contributed by atoms with Gasteiger partial charge in [-0.1, -0.05) is 30.3 Å². The van der Waals surface area contributed by atoms with Gasteiger partial charge in [0.1, 0.15) is 11.2 Å². The highest BCUT2D eigenvalue weighted by molar-refractivity contribution is 7.99. The monoisotopic (exact) mass is 407 g/mol. The van der Waals surface area contributed by atoms with Crippen LogP contribution in [0.1, 0.15) is 14.7 Å². The van der Waals surface area contributed by atoms with Gasteiger partial charge in [0.25, 0.3) is 5.91 Å². The molecule has 4 aromatic rings. The van der Waals surface area contributed by atoms with Crippen LogP contribution in [0, 0.1) is 6.92 Å². The maximum atomic E-state index is 12.8. The van der Waals surface area contributed by atoms with E-state index in [9.17, 15) is 4.79 Å². The number of nitrogens with one attached hydrogen (secondary N) is 1. The molecular formula is C20H17N5OS2. The minimum absolute atomic E-state index is 0.154. The molecule has 0 aliphatic heterocycles. The highest BCUT2D eigenvalue weighted by Crippen LogP contribution is 2.30. The first kappa shape index (κ1) is 18.4. The Morgan fingerprint density at radius 1 is 1.11 bits per heavy atom. The van der Waals surface area contributed by atoms with E-state index in [1.807, 2.05) is 73.1 Å². The molecule has 0 radical (unpaired) electrons. The lowest BCUT2D eigenvalue weighted by Gasteiger charge is -2.07. The van der Waals surface area contributed by atoms with E-state index in [0.29, 0.717) is 4.88 Å². The standard InChI is InChI=1S/C20H17N5OS2/c1-13-22-17(14-6-4-3-5-7-14)18(27-13)19(26)23-15-8-10-16(11-9-15)28-20-24-21-12-25(20)2/h3-12H,1-2H3,(H,23,26). The van der Waals surface area contributed by atoms with Gasteiger partial charge >= 0.3 is 0 Å². The van der Waals surface area contributed by atoms with Crippen molar-refractivity contribution in [2.75, 3.05) is 5.32 Å². The number of thiazole rings is 1. The summed E-state index contributed by atoms with van der Waals surface area (Å²) in [7, 11) is 1.90. The van der Waals surface area contributed by atoms with Gasteiger partial charge in [-0.2, -0.15) is 0 Å². The zero-order valence-corrected chi connectivity index (χ0v) is 16.9. The maximum Gasteiger partial charge on any atom is 0.268 e. The highest BCUT2D eigenvalue weighted by atomic mass is 32.2. The second-order valence-corrected chi connectivity index (χ2v) is 8.33. The lowest BCUT2D eigenvalue weighted by Crippen LogP contribution is -2.11. The van der Waals surface area contributed by atoms with Crippen molar-refractivity contribution in [1.29, 1.82) is 0 Å². The van der Waals surface area contributed by atoms with Crippen LogP contribution < -0.4 is 5.32 Å². The van der Waals surface area contributed by atoms with Gasteiger partial charge in [-0.3, -0.25) is 4.79 Å². The summed E-state index contributed by atoms with van der Waals surface area (Å²) in [6, 6.07) is 17.4. The molecule has 2 aromatic heterocycles. The first-order chi connectivity index (χ1) is 13.6. The molecule has 0 fully saturated rings. The minimum Gasteiger partial charge on any atom is -0.321 e. The van der Waals surface area contributed by atoms with Crippen LogP contribution in [-0.2, 0) is 7.05 Å². The smallest absolute Gasteiger partial charge is 0.268 e. The summed E-state index contributed by atoms with van der Waals surface area (Å²) >= 11 is 2.92. The molecule has 0 bridgehead atoms. The number of aromatic nitrogens is 4. The summed E-state index contributed by atoms with van der Waals surface area (Å²) in [5.74, 6) is -0.154. The molecule has 1 amide bonds. The van der Waals surface area contributed by atoms with E-state index in [-0.39, 0.29) is 5.91 Å². The number of aryl methyl sites for hydroxylation is 2. The summed E-state index contributed by atoms with van der Waals surface area (Å²) in [4.78, 5) is 19.0. The van der Waals surface area contributed by atoms with Crippen molar-refractivity contribution in [2.24, 2.45) is 7.05 Å². The number of nitrogens with zero attached hydrogens (tertiary/aromatic N) is 4. The molecule has 140 valence electrons. The summed E-state index contributed by atoms with van der Waals surface area (Å²) in [6.45, 7) is 1.91.